The second-order valence-corrected chi connectivity index (χ2v) is 4.52. The highest BCUT2D eigenvalue weighted by molar-refractivity contribution is 5.72. The van der Waals surface area contributed by atoms with Crippen LogP contribution >= 0.6 is 0 Å². The molecule has 98 valence electrons. The third-order valence-corrected chi connectivity index (χ3v) is 3.01. The molecule has 2 saturated heterocycles. The molecule has 0 aromatic carbocycles. The summed E-state index contributed by atoms with van der Waals surface area (Å²) in [5.41, 5.74) is 0. The van der Waals surface area contributed by atoms with Crippen LogP contribution in [-0.2, 0) is 23.7 Å². The Morgan fingerprint density at radius 1 is 1.47 bits per heavy atom. The van der Waals surface area contributed by atoms with Crippen LogP contribution in [-0.4, -0.2) is 44.8 Å². The van der Waals surface area contributed by atoms with Crippen molar-refractivity contribution in [2.45, 2.75) is 38.6 Å². The Morgan fingerprint density at radius 3 is 3.00 bits per heavy atom. The predicted molar refractivity (Wildman–Crippen MR) is 59.4 cm³/mol. The molecular formula is C12H20O5. The molecule has 5 heteroatoms. The average molecular weight is 244 g/mol. The van der Waals surface area contributed by atoms with E-state index in [1.165, 1.54) is 0 Å². The summed E-state index contributed by atoms with van der Waals surface area (Å²) >= 11 is 0. The van der Waals surface area contributed by atoms with Crippen molar-refractivity contribution in [3.63, 3.8) is 0 Å². The molecule has 0 bridgehead atoms. The third kappa shape index (κ3) is 4.61. The van der Waals surface area contributed by atoms with Gasteiger partial charge in [0.25, 0.3) is 0 Å². The molecule has 0 N–H and O–H groups in total. The molecule has 0 aliphatic carbocycles. The van der Waals surface area contributed by atoms with E-state index < -0.39 is 0 Å². The summed E-state index contributed by atoms with van der Waals surface area (Å²) in [6.07, 6.45) is 2.61. The van der Waals surface area contributed by atoms with E-state index in [0.29, 0.717) is 26.2 Å². The van der Waals surface area contributed by atoms with Gasteiger partial charge in [0.15, 0.2) is 6.29 Å². The lowest BCUT2D eigenvalue weighted by Crippen LogP contribution is -2.26. The van der Waals surface area contributed by atoms with Gasteiger partial charge in [-0.2, -0.15) is 0 Å². The summed E-state index contributed by atoms with van der Waals surface area (Å²) in [7, 11) is 0. The number of esters is 1. The zero-order valence-electron chi connectivity index (χ0n) is 10.2. The highest BCUT2D eigenvalue weighted by Crippen LogP contribution is 2.19. The summed E-state index contributed by atoms with van der Waals surface area (Å²) in [5, 5.41) is 0. The molecule has 2 rings (SSSR count). The second kappa shape index (κ2) is 6.33. The van der Waals surface area contributed by atoms with Crippen molar-refractivity contribution in [2.75, 3.05) is 26.4 Å². The number of hydrogen-bond donors (Lipinski definition) is 0. The van der Waals surface area contributed by atoms with Crippen LogP contribution in [0.3, 0.4) is 0 Å². The van der Waals surface area contributed by atoms with Gasteiger partial charge in [0.05, 0.1) is 32.3 Å². The van der Waals surface area contributed by atoms with Crippen molar-refractivity contribution in [1.29, 1.82) is 0 Å². The first-order chi connectivity index (χ1) is 8.25. The number of hydrogen-bond acceptors (Lipinski definition) is 5. The maximum Gasteiger partial charge on any atom is 0.309 e. The molecule has 2 fully saturated rings. The van der Waals surface area contributed by atoms with Crippen molar-refractivity contribution in [3.05, 3.63) is 0 Å². The smallest absolute Gasteiger partial charge is 0.309 e. The SMILES string of the molecule is CC(OCCC1CCCOC1=O)OCC1CO1. The highest BCUT2D eigenvalue weighted by atomic mass is 16.7. The van der Waals surface area contributed by atoms with Crippen molar-refractivity contribution < 1.29 is 23.7 Å². The first kappa shape index (κ1) is 12.8. The van der Waals surface area contributed by atoms with Crippen molar-refractivity contribution in [1.82, 2.24) is 0 Å². The van der Waals surface area contributed by atoms with E-state index in [9.17, 15) is 4.79 Å². The maximum atomic E-state index is 11.4. The fourth-order valence-electron chi connectivity index (χ4n) is 1.83. The highest BCUT2D eigenvalue weighted by Gasteiger charge is 2.25. The molecule has 5 nitrogen and oxygen atoms in total. The molecular weight excluding hydrogens is 224 g/mol. The van der Waals surface area contributed by atoms with Crippen LogP contribution < -0.4 is 0 Å². The van der Waals surface area contributed by atoms with Crippen LogP contribution in [0, 0.1) is 5.92 Å². The number of carbonyl (C=O) groups excluding carboxylic acids is 1. The quantitative estimate of drug-likeness (QED) is 0.381. The molecule has 0 spiro atoms. The predicted octanol–water partition coefficient (Wildman–Crippen LogP) is 1.11. The summed E-state index contributed by atoms with van der Waals surface area (Å²) < 4.78 is 20.9. The van der Waals surface area contributed by atoms with Crippen molar-refractivity contribution >= 4 is 5.97 Å². The number of epoxide rings is 1. The number of ether oxygens (including phenoxy) is 4. The van der Waals surface area contributed by atoms with Crippen LogP contribution in [0.2, 0.25) is 0 Å². The first-order valence-corrected chi connectivity index (χ1v) is 6.27. The van der Waals surface area contributed by atoms with Gasteiger partial charge in [0.2, 0.25) is 0 Å². The van der Waals surface area contributed by atoms with E-state index in [-0.39, 0.29) is 24.3 Å². The fourth-order valence-corrected chi connectivity index (χ4v) is 1.83. The lowest BCUT2D eigenvalue weighted by molar-refractivity contribution is -0.158. The van der Waals surface area contributed by atoms with Crippen molar-refractivity contribution in [2.24, 2.45) is 5.92 Å². The molecule has 2 aliphatic rings. The topological polar surface area (TPSA) is 57.3 Å². The van der Waals surface area contributed by atoms with E-state index in [2.05, 4.69) is 0 Å². The lowest BCUT2D eigenvalue weighted by Gasteiger charge is -2.21. The second-order valence-electron chi connectivity index (χ2n) is 4.52. The molecule has 0 aromatic heterocycles. The Balaban J connectivity index is 1.52. The summed E-state index contributed by atoms with van der Waals surface area (Å²) in [5.74, 6) is -0.0810. The zero-order chi connectivity index (χ0) is 12.1. The van der Waals surface area contributed by atoms with Gasteiger partial charge < -0.3 is 18.9 Å². The standard InChI is InChI=1S/C12H20O5/c1-9(16-7-11-8-17-11)14-6-4-10-3-2-5-15-12(10)13/h9-11H,2-8H2,1H3. The van der Waals surface area contributed by atoms with Crippen LogP contribution in [0.5, 0.6) is 0 Å². The number of rotatable bonds is 7. The van der Waals surface area contributed by atoms with Crippen LogP contribution in [0.1, 0.15) is 26.2 Å². The molecule has 0 saturated carbocycles. The molecule has 3 atom stereocenters. The Labute approximate surface area is 101 Å². The van der Waals surface area contributed by atoms with Crippen LogP contribution in [0.4, 0.5) is 0 Å². The van der Waals surface area contributed by atoms with Crippen molar-refractivity contribution in [3.8, 4) is 0 Å². The van der Waals surface area contributed by atoms with E-state index in [1.807, 2.05) is 6.92 Å². The Hall–Kier alpha value is -0.650. The Bertz CT molecular complexity index is 251. The number of carbonyl (C=O) groups is 1. The summed E-state index contributed by atoms with van der Waals surface area (Å²) in [6, 6.07) is 0. The molecule has 0 aromatic rings. The van der Waals surface area contributed by atoms with Gasteiger partial charge in [-0.25, -0.2) is 0 Å². The van der Waals surface area contributed by atoms with Crippen LogP contribution in [0.25, 0.3) is 0 Å². The van der Waals surface area contributed by atoms with Gasteiger partial charge in [-0.15, -0.1) is 0 Å². The maximum absolute atomic E-state index is 11.4. The van der Waals surface area contributed by atoms with Gasteiger partial charge in [-0.05, 0) is 26.2 Å². The molecule has 0 amide bonds. The molecule has 3 unspecified atom stereocenters. The average Bonchev–Trinajstić information content (AvgIpc) is 3.13. The van der Waals surface area contributed by atoms with Gasteiger partial charge in [0.1, 0.15) is 6.10 Å². The van der Waals surface area contributed by atoms with Gasteiger partial charge in [-0.1, -0.05) is 0 Å². The molecule has 0 radical (unpaired) electrons. The van der Waals surface area contributed by atoms with Gasteiger partial charge in [-0.3, -0.25) is 4.79 Å². The van der Waals surface area contributed by atoms with Gasteiger partial charge >= 0.3 is 5.97 Å². The van der Waals surface area contributed by atoms with E-state index in [1.54, 1.807) is 0 Å². The normalized spacial score (nSPS) is 29.8. The lowest BCUT2D eigenvalue weighted by atomic mass is 9.98. The zero-order valence-corrected chi connectivity index (χ0v) is 10.2. The van der Waals surface area contributed by atoms with E-state index in [4.69, 9.17) is 18.9 Å². The molecule has 2 aliphatic heterocycles. The Morgan fingerprint density at radius 2 is 2.29 bits per heavy atom. The Kier molecular flexibility index (Phi) is 4.76. The molecule has 2 heterocycles. The third-order valence-electron chi connectivity index (χ3n) is 3.01. The molecule has 17 heavy (non-hydrogen) atoms. The first-order valence-electron chi connectivity index (χ1n) is 6.27. The van der Waals surface area contributed by atoms with E-state index >= 15 is 0 Å². The van der Waals surface area contributed by atoms with Crippen LogP contribution in [0.15, 0.2) is 0 Å². The largest absolute Gasteiger partial charge is 0.465 e. The number of cyclic esters (lactones) is 1. The minimum absolute atomic E-state index is 0.00251. The van der Waals surface area contributed by atoms with E-state index in [0.717, 1.165) is 19.4 Å². The monoisotopic (exact) mass is 244 g/mol. The minimum atomic E-state index is -0.237. The fraction of sp³-hybridized carbons (Fsp3) is 0.917. The summed E-state index contributed by atoms with van der Waals surface area (Å²) in [4.78, 5) is 11.4. The summed E-state index contributed by atoms with van der Waals surface area (Å²) in [6.45, 7) is 4.35. The minimum Gasteiger partial charge on any atom is -0.465 e. The van der Waals surface area contributed by atoms with Gasteiger partial charge in [0, 0.05) is 0 Å².